The lowest BCUT2D eigenvalue weighted by atomic mass is 9.89. The molecule has 0 saturated carbocycles. The fourth-order valence-corrected chi connectivity index (χ4v) is 2.35. The highest BCUT2D eigenvalue weighted by Crippen LogP contribution is 2.22. The van der Waals surface area contributed by atoms with Crippen molar-refractivity contribution in [2.24, 2.45) is 17.8 Å². The van der Waals surface area contributed by atoms with Crippen molar-refractivity contribution >= 4 is 12.0 Å². The van der Waals surface area contributed by atoms with Gasteiger partial charge in [-0.2, -0.15) is 0 Å². The molecule has 1 heterocycles. The second-order valence-corrected chi connectivity index (χ2v) is 5.84. The Morgan fingerprint density at radius 2 is 2.00 bits per heavy atom. The molecule has 0 spiro atoms. The van der Waals surface area contributed by atoms with Gasteiger partial charge in [0.25, 0.3) is 0 Å². The maximum absolute atomic E-state index is 12.1. The summed E-state index contributed by atoms with van der Waals surface area (Å²) in [5.41, 5.74) is 0. The lowest BCUT2D eigenvalue weighted by molar-refractivity contribution is -0.140. The zero-order valence-electron chi connectivity index (χ0n) is 12.3. The third-order valence-corrected chi connectivity index (χ3v) is 4.38. The van der Waals surface area contributed by atoms with Gasteiger partial charge in [-0.05, 0) is 24.2 Å². The standard InChI is InChI=1S/C14H26N2O3/c1-5-9(2)12(13(17)18)15-14(19)16-7-6-10(3)11(4)8-16/h9-12H,5-8H2,1-4H3,(H,15,19)(H,17,18)/t9?,10?,11?,12-/m0/s1. The fraction of sp³-hybridized carbons (Fsp3) is 0.857. The van der Waals surface area contributed by atoms with Gasteiger partial charge in [-0.15, -0.1) is 0 Å². The van der Waals surface area contributed by atoms with Crippen LogP contribution in [-0.4, -0.2) is 41.1 Å². The van der Waals surface area contributed by atoms with Gasteiger partial charge in [0.2, 0.25) is 0 Å². The molecule has 5 nitrogen and oxygen atoms in total. The summed E-state index contributed by atoms with van der Waals surface area (Å²) in [6.45, 7) is 9.52. The van der Waals surface area contributed by atoms with E-state index in [0.717, 1.165) is 12.8 Å². The number of nitrogens with zero attached hydrogens (tertiary/aromatic N) is 1. The van der Waals surface area contributed by atoms with Crippen molar-refractivity contribution in [1.82, 2.24) is 10.2 Å². The molecule has 5 heteroatoms. The number of rotatable bonds is 4. The SMILES string of the molecule is CCC(C)[C@H](NC(=O)N1CCC(C)C(C)C1)C(=O)O. The number of carboxylic acids is 1. The van der Waals surface area contributed by atoms with E-state index in [1.807, 2.05) is 13.8 Å². The maximum atomic E-state index is 12.1. The molecule has 0 aliphatic carbocycles. The quantitative estimate of drug-likeness (QED) is 0.822. The van der Waals surface area contributed by atoms with Gasteiger partial charge in [0.15, 0.2) is 0 Å². The first-order valence-electron chi connectivity index (χ1n) is 7.15. The van der Waals surface area contributed by atoms with E-state index in [-0.39, 0.29) is 11.9 Å². The van der Waals surface area contributed by atoms with Crippen molar-refractivity contribution in [2.75, 3.05) is 13.1 Å². The summed E-state index contributed by atoms with van der Waals surface area (Å²) in [5.74, 6) is 0.0592. The summed E-state index contributed by atoms with van der Waals surface area (Å²) < 4.78 is 0. The summed E-state index contributed by atoms with van der Waals surface area (Å²) in [6, 6.07) is -1.04. The third-order valence-electron chi connectivity index (χ3n) is 4.38. The molecule has 0 radical (unpaired) electrons. The first kappa shape index (κ1) is 15.8. The Balaban J connectivity index is 2.60. The predicted molar refractivity (Wildman–Crippen MR) is 73.9 cm³/mol. The molecular weight excluding hydrogens is 244 g/mol. The zero-order valence-corrected chi connectivity index (χ0v) is 12.3. The minimum absolute atomic E-state index is 0.0670. The summed E-state index contributed by atoms with van der Waals surface area (Å²) in [4.78, 5) is 25.1. The van der Waals surface area contributed by atoms with Crippen LogP contribution in [0.25, 0.3) is 0 Å². The maximum Gasteiger partial charge on any atom is 0.326 e. The monoisotopic (exact) mass is 270 g/mol. The Morgan fingerprint density at radius 1 is 1.37 bits per heavy atom. The number of hydrogen-bond acceptors (Lipinski definition) is 2. The second kappa shape index (κ2) is 6.78. The van der Waals surface area contributed by atoms with Gasteiger partial charge in [-0.25, -0.2) is 9.59 Å². The van der Waals surface area contributed by atoms with E-state index in [9.17, 15) is 14.7 Å². The van der Waals surface area contributed by atoms with Gasteiger partial charge in [0, 0.05) is 13.1 Å². The van der Waals surface area contributed by atoms with Gasteiger partial charge in [0.1, 0.15) is 6.04 Å². The molecule has 110 valence electrons. The molecule has 1 aliphatic heterocycles. The molecule has 0 bridgehead atoms. The molecule has 3 unspecified atom stereocenters. The lowest BCUT2D eigenvalue weighted by Crippen LogP contribution is -2.53. The van der Waals surface area contributed by atoms with E-state index < -0.39 is 12.0 Å². The third kappa shape index (κ3) is 4.11. The van der Waals surface area contributed by atoms with Crippen molar-refractivity contribution in [3.05, 3.63) is 0 Å². The van der Waals surface area contributed by atoms with E-state index in [2.05, 4.69) is 19.2 Å². The van der Waals surface area contributed by atoms with Gasteiger partial charge in [-0.1, -0.05) is 34.1 Å². The van der Waals surface area contributed by atoms with Gasteiger partial charge < -0.3 is 15.3 Å². The molecule has 0 aromatic rings. The first-order valence-corrected chi connectivity index (χ1v) is 7.15. The molecule has 0 aromatic carbocycles. The van der Waals surface area contributed by atoms with Crippen LogP contribution in [0.5, 0.6) is 0 Å². The van der Waals surface area contributed by atoms with Crippen molar-refractivity contribution < 1.29 is 14.7 Å². The van der Waals surface area contributed by atoms with E-state index in [4.69, 9.17) is 0 Å². The minimum atomic E-state index is -0.957. The number of carbonyl (C=O) groups excluding carboxylic acids is 1. The van der Waals surface area contributed by atoms with Crippen LogP contribution in [0.1, 0.15) is 40.5 Å². The molecule has 1 fully saturated rings. The molecule has 1 aliphatic rings. The molecule has 2 amide bonds. The van der Waals surface area contributed by atoms with Crippen LogP contribution in [0.4, 0.5) is 4.79 Å². The lowest BCUT2D eigenvalue weighted by Gasteiger charge is -2.36. The van der Waals surface area contributed by atoms with Crippen LogP contribution < -0.4 is 5.32 Å². The average molecular weight is 270 g/mol. The highest BCUT2D eigenvalue weighted by Gasteiger charge is 2.30. The fourth-order valence-electron chi connectivity index (χ4n) is 2.35. The number of carboxylic acid groups (broad SMARTS) is 1. The second-order valence-electron chi connectivity index (χ2n) is 5.84. The van der Waals surface area contributed by atoms with Crippen molar-refractivity contribution in [3.63, 3.8) is 0 Å². The minimum Gasteiger partial charge on any atom is -0.480 e. The molecule has 19 heavy (non-hydrogen) atoms. The normalized spacial score (nSPS) is 26.6. The van der Waals surface area contributed by atoms with Crippen LogP contribution in [-0.2, 0) is 4.79 Å². The van der Waals surface area contributed by atoms with E-state index in [0.29, 0.717) is 24.9 Å². The topological polar surface area (TPSA) is 69.6 Å². The molecular formula is C14H26N2O3. The first-order chi connectivity index (χ1) is 8.86. The number of likely N-dealkylation sites (tertiary alicyclic amines) is 1. The van der Waals surface area contributed by atoms with Crippen LogP contribution in [0.2, 0.25) is 0 Å². The largest absolute Gasteiger partial charge is 0.480 e. The summed E-state index contributed by atoms with van der Waals surface area (Å²) >= 11 is 0. The summed E-state index contributed by atoms with van der Waals surface area (Å²) in [7, 11) is 0. The van der Waals surface area contributed by atoms with Crippen LogP contribution in [0.3, 0.4) is 0 Å². The van der Waals surface area contributed by atoms with Crippen molar-refractivity contribution in [1.29, 1.82) is 0 Å². The number of urea groups is 1. The number of amides is 2. The highest BCUT2D eigenvalue weighted by molar-refractivity contribution is 5.82. The van der Waals surface area contributed by atoms with Crippen LogP contribution in [0, 0.1) is 17.8 Å². The molecule has 1 rings (SSSR count). The smallest absolute Gasteiger partial charge is 0.326 e. The highest BCUT2D eigenvalue weighted by atomic mass is 16.4. The molecule has 2 N–H and O–H groups in total. The van der Waals surface area contributed by atoms with Gasteiger partial charge >= 0.3 is 12.0 Å². The van der Waals surface area contributed by atoms with Crippen molar-refractivity contribution in [2.45, 2.75) is 46.6 Å². The van der Waals surface area contributed by atoms with Gasteiger partial charge in [-0.3, -0.25) is 0 Å². The number of aliphatic carboxylic acids is 1. The number of nitrogens with one attached hydrogen (secondary N) is 1. The molecule has 1 saturated heterocycles. The van der Waals surface area contributed by atoms with E-state index >= 15 is 0 Å². The molecule has 0 aromatic heterocycles. The Bertz CT molecular complexity index is 333. The Labute approximate surface area is 115 Å². The Morgan fingerprint density at radius 3 is 2.47 bits per heavy atom. The van der Waals surface area contributed by atoms with E-state index in [1.54, 1.807) is 4.90 Å². The number of carbonyl (C=O) groups is 2. The summed E-state index contributed by atoms with van der Waals surface area (Å²) in [5, 5.41) is 11.8. The van der Waals surface area contributed by atoms with Gasteiger partial charge in [0.05, 0.1) is 0 Å². The van der Waals surface area contributed by atoms with Crippen molar-refractivity contribution in [3.8, 4) is 0 Å². The zero-order chi connectivity index (χ0) is 14.6. The van der Waals surface area contributed by atoms with Crippen LogP contribution >= 0.6 is 0 Å². The average Bonchev–Trinajstić information content (AvgIpc) is 2.37. The number of hydrogen-bond donors (Lipinski definition) is 2. The summed E-state index contributed by atoms with van der Waals surface area (Å²) in [6.07, 6.45) is 1.71. The van der Waals surface area contributed by atoms with E-state index in [1.165, 1.54) is 0 Å². The predicted octanol–water partition coefficient (Wildman–Crippen LogP) is 2.17. The van der Waals surface area contributed by atoms with Crippen LogP contribution in [0.15, 0.2) is 0 Å². The number of piperidine rings is 1. The Hall–Kier alpha value is -1.26. The molecule has 4 atom stereocenters. The Kier molecular flexibility index (Phi) is 5.63.